The van der Waals surface area contributed by atoms with Gasteiger partial charge in [-0.25, -0.2) is 4.79 Å². The maximum Gasteiger partial charge on any atom is 0.338 e. The molecular formula is C14H17NO3. The number of hydrogen-bond acceptors (Lipinski definition) is 4. The third-order valence-corrected chi connectivity index (χ3v) is 2.69. The smallest absolute Gasteiger partial charge is 0.338 e. The summed E-state index contributed by atoms with van der Waals surface area (Å²) in [6.45, 7) is 8.33. The Morgan fingerprint density at radius 2 is 2.11 bits per heavy atom. The van der Waals surface area contributed by atoms with Crippen molar-refractivity contribution in [2.24, 2.45) is 0 Å². The SMILES string of the molecule is CCOC(=O)c1ccc2onc(C(C)(C)C)c2c1. The van der Waals surface area contributed by atoms with Gasteiger partial charge in [0.1, 0.15) is 0 Å². The van der Waals surface area contributed by atoms with Crippen LogP contribution in [0.15, 0.2) is 22.7 Å². The monoisotopic (exact) mass is 247 g/mol. The molecule has 96 valence electrons. The quantitative estimate of drug-likeness (QED) is 0.764. The van der Waals surface area contributed by atoms with Crippen molar-refractivity contribution in [1.29, 1.82) is 0 Å². The van der Waals surface area contributed by atoms with Gasteiger partial charge < -0.3 is 9.26 Å². The molecule has 2 rings (SSSR count). The summed E-state index contributed by atoms with van der Waals surface area (Å²) in [5.41, 5.74) is 1.94. The van der Waals surface area contributed by atoms with E-state index in [4.69, 9.17) is 9.26 Å². The molecule has 2 aromatic rings. The third-order valence-electron chi connectivity index (χ3n) is 2.69. The van der Waals surface area contributed by atoms with Gasteiger partial charge in [-0.1, -0.05) is 25.9 Å². The first-order valence-corrected chi connectivity index (χ1v) is 6.00. The Kier molecular flexibility index (Phi) is 3.11. The molecule has 4 nitrogen and oxygen atoms in total. The van der Waals surface area contributed by atoms with Crippen molar-refractivity contribution in [3.05, 3.63) is 29.5 Å². The van der Waals surface area contributed by atoms with Crippen LogP contribution >= 0.6 is 0 Å². The number of carbonyl (C=O) groups is 1. The lowest BCUT2D eigenvalue weighted by atomic mass is 9.89. The van der Waals surface area contributed by atoms with Crippen LogP contribution in [0.25, 0.3) is 11.0 Å². The van der Waals surface area contributed by atoms with Crippen LogP contribution in [0.2, 0.25) is 0 Å². The fourth-order valence-electron chi connectivity index (χ4n) is 1.82. The van der Waals surface area contributed by atoms with E-state index < -0.39 is 0 Å². The van der Waals surface area contributed by atoms with Crippen LogP contribution in [-0.2, 0) is 10.2 Å². The van der Waals surface area contributed by atoms with Gasteiger partial charge in [0.25, 0.3) is 0 Å². The van der Waals surface area contributed by atoms with E-state index in [1.807, 2.05) is 0 Å². The van der Waals surface area contributed by atoms with Crippen molar-refractivity contribution >= 4 is 16.9 Å². The molecule has 4 heteroatoms. The summed E-state index contributed by atoms with van der Waals surface area (Å²) in [7, 11) is 0. The molecule has 1 heterocycles. The predicted octanol–water partition coefficient (Wildman–Crippen LogP) is 3.30. The molecule has 0 spiro atoms. The van der Waals surface area contributed by atoms with Crippen molar-refractivity contribution in [3.63, 3.8) is 0 Å². The van der Waals surface area contributed by atoms with Crippen molar-refractivity contribution < 1.29 is 14.1 Å². The van der Waals surface area contributed by atoms with Gasteiger partial charge in [-0.05, 0) is 25.1 Å². The van der Waals surface area contributed by atoms with Crippen LogP contribution in [-0.4, -0.2) is 17.7 Å². The molecule has 1 aromatic heterocycles. The Morgan fingerprint density at radius 1 is 1.39 bits per heavy atom. The van der Waals surface area contributed by atoms with Gasteiger partial charge >= 0.3 is 5.97 Å². The summed E-state index contributed by atoms with van der Waals surface area (Å²) in [5, 5.41) is 4.95. The van der Waals surface area contributed by atoms with Crippen LogP contribution in [0.4, 0.5) is 0 Å². The zero-order valence-electron chi connectivity index (χ0n) is 11.1. The Labute approximate surface area is 106 Å². The fraction of sp³-hybridized carbons (Fsp3) is 0.429. The highest BCUT2D eigenvalue weighted by atomic mass is 16.5. The Hall–Kier alpha value is -1.84. The highest BCUT2D eigenvalue weighted by molar-refractivity contribution is 5.94. The van der Waals surface area contributed by atoms with E-state index in [1.165, 1.54) is 0 Å². The number of nitrogens with zero attached hydrogens (tertiary/aromatic N) is 1. The van der Waals surface area contributed by atoms with E-state index in [-0.39, 0.29) is 11.4 Å². The minimum absolute atomic E-state index is 0.126. The zero-order valence-corrected chi connectivity index (χ0v) is 11.1. The number of aromatic nitrogens is 1. The van der Waals surface area contributed by atoms with Crippen LogP contribution in [0.5, 0.6) is 0 Å². The number of ether oxygens (including phenoxy) is 1. The molecule has 0 N–H and O–H groups in total. The van der Waals surface area contributed by atoms with Crippen molar-refractivity contribution in [2.45, 2.75) is 33.1 Å². The highest BCUT2D eigenvalue weighted by Gasteiger charge is 2.22. The molecule has 0 amide bonds. The van der Waals surface area contributed by atoms with Gasteiger partial charge in [-0.3, -0.25) is 0 Å². The standard InChI is InChI=1S/C14H17NO3/c1-5-17-13(16)9-6-7-11-10(8-9)12(15-18-11)14(2,3)4/h6-8H,5H2,1-4H3. The van der Waals surface area contributed by atoms with E-state index >= 15 is 0 Å². The van der Waals surface area contributed by atoms with Gasteiger partial charge in [-0.15, -0.1) is 0 Å². The summed E-state index contributed by atoms with van der Waals surface area (Å²) in [6.07, 6.45) is 0. The number of carbonyl (C=O) groups excluding carboxylic acids is 1. The topological polar surface area (TPSA) is 52.3 Å². The summed E-state index contributed by atoms with van der Waals surface area (Å²) < 4.78 is 10.3. The molecule has 0 aliphatic carbocycles. The van der Waals surface area contributed by atoms with E-state index in [2.05, 4.69) is 25.9 Å². The lowest BCUT2D eigenvalue weighted by molar-refractivity contribution is 0.0526. The van der Waals surface area contributed by atoms with Crippen LogP contribution < -0.4 is 0 Å². The minimum Gasteiger partial charge on any atom is -0.462 e. The minimum atomic E-state index is -0.319. The maximum absolute atomic E-state index is 11.7. The lowest BCUT2D eigenvalue weighted by Gasteiger charge is -2.14. The number of rotatable bonds is 2. The maximum atomic E-state index is 11.7. The van der Waals surface area contributed by atoms with E-state index in [9.17, 15) is 4.79 Å². The van der Waals surface area contributed by atoms with Crippen molar-refractivity contribution in [3.8, 4) is 0 Å². The van der Waals surface area contributed by atoms with E-state index in [0.29, 0.717) is 17.8 Å². The molecule has 18 heavy (non-hydrogen) atoms. The Balaban J connectivity index is 2.52. The first kappa shape index (κ1) is 12.6. The second kappa shape index (κ2) is 4.44. The molecule has 1 aromatic carbocycles. The van der Waals surface area contributed by atoms with Gasteiger partial charge in [-0.2, -0.15) is 0 Å². The molecule has 0 saturated heterocycles. The average Bonchev–Trinajstić information content (AvgIpc) is 2.71. The molecule has 0 unspecified atom stereocenters. The molecule has 0 aliphatic heterocycles. The largest absolute Gasteiger partial charge is 0.462 e. The summed E-state index contributed by atoms with van der Waals surface area (Å²) in [5.74, 6) is -0.319. The Morgan fingerprint density at radius 3 is 2.72 bits per heavy atom. The van der Waals surface area contributed by atoms with E-state index in [0.717, 1.165) is 11.1 Å². The molecule has 0 fully saturated rings. The molecule has 0 radical (unpaired) electrons. The number of fused-ring (bicyclic) bond motifs is 1. The fourth-order valence-corrected chi connectivity index (χ4v) is 1.82. The summed E-state index contributed by atoms with van der Waals surface area (Å²) >= 11 is 0. The van der Waals surface area contributed by atoms with Gasteiger partial charge in [0, 0.05) is 10.8 Å². The molecule has 0 saturated carbocycles. The first-order chi connectivity index (χ1) is 8.43. The molecule has 0 atom stereocenters. The van der Waals surface area contributed by atoms with Gasteiger partial charge in [0.05, 0.1) is 17.9 Å². The average molecular weight is 247 g/mol. The Bertz CT molecular complexity index is 578. The van der Waals surface area contributed by atoms with Crippen LogP contribution in [0, 0.1) is 0 Å². The van der Waals surface area contributed by atoms with Crippen LogP contribution in [0.1, 0.15) is 43.7 Å². The normalized spacial score (nSPS) is 11.8. The second-order valence-corrected chi connectivity index (χ2v) is 5.21. The number of hydrogen-bond donors (Lipinski definition) is 0. The number of esters is 1. The number of benzene rings is 1. The highest BCUT2D eigenvalue weighted by Crippen LogP contribution is 2.29. The molecule has 0 bridgehead atoms. The lowest BCUT2D eigenvalue weighted by Crippen LogP contribution is -2.12. The molecular weight excluding hydrogens is 230 g/mol. The van der Waals surface area contributed by atoms with Crippen molar-refractivity contribution in [2.75, 3.05) is 6.61 Å². The van der Waals surface area contributed by atoms with E-state index in [1.54, 1.807) is 25.1 Å². The zero-order chi connectivity index (χ0) is 13.3. The van der Waals surface area contributed by atoms with Crippen molar-refractivity contribution in [1.82, 2.24) is 5.16 Å². The second-order valence-electron chi connectivity index (χ2n) is 5.21. The van der Waals surface area contributed by atoms with Gasteiger partial charge in [0.15, 0.2) is 5.58 Å². The third kappa shape index (κ3) is 2.23. The summed E-state index contributed by atoms with van der Waals surface area (Å²) in [4.78, 5) is 11.7. The van der Waals surface area contributed by atoms with Gasteiger partial charge in [0.2, 0.25) is 0 Å². The van der Waals surface area contributed by atoms with Crippen LogP contribution in [0.3, 0.4) is 0 Å². The predicted molar refractivity (Wildman–Crippen MR) is 68.7 cm³/mol. The molecule has 0 aliphatic rings. The summed E-state index contributed by atoms with van der Waals surface area (Å²) in [6, 6.07) is 5.23. The first-order valence-electron chi connectivity index (χ1n) is 6.00.